The molecule has 0 aliphatic heterocycles. The number of anilines is 1. The molecular formula is C19H21N3O3. The largest absolute Gasteiger partial charge is 0.491 e. The van der Waals surface area contributed by atoms with Crippen molar-refractivity contribution in [1.29, 1.82) is 0 Å². The molecule has 6 nitrogen and oxygen atoms in total. The van der Waals surface area contributed by atoms with Gasteiger partial charge in [0.2, 0.25) is 0 Å². The fourth-order valence-electron chi connectivity index (χ4n) is 2.01. The topological polar surface area (TPSA) is 79.8 Å². The first-order chi connectivity index (χ1) is 12.0. The van der Waals surface area contributed by atoms with Crippen LogP contribution in [-0.4, -0.2) is 24.1 Å². The molecule has 0 aliphatic carbocycles. The number of aryl methyl sites for hydroxylation is 1. The first-order valence-corrected chi connectivity index (χ1v) is 7.92. The van der Waals surface area contributed by atoms with Crippen LogP contribution >= 0.6 is 0 Å². The summed E-state index contributed by atoms with van der Waals surface area (Å²) < 4.78 is 5.54. The van der Waals surface area contributed by atoms with Gasteiger partial charge in [-0.2, -0.15) is 5.10 Å². The molecule has 6 heteroatoms. The molecule has 0 atom stereocenters. The zero-order chi connectivity index (χ0) is 18.2. The van der Waals surface area contributed by atoms with E-state index >= 15 is 0 Å². The Hall–Kier alpha value is -3.15. The van der Waals surface area contributed by atoms with Crippen LogP contribution in [0.25, 0.3) is 0 Å². The van der Waals surface area contributed by atoms with Gasteiger partial charge in [-0.25, -0.2) is 5.43 Å². The number of para-hydroxylation sites is 1. The monoisotopic (exact) mass is 339 g/mol. The Kier molecular flexibility index (Phi) is 6.28. The summed E-state index contributed by atoms with van der Waals surface area (Å²) in [5, 5.41) is 6.33. The Bertz CT molecular complexity index is 768. The lowest BCUT2D eigenvalue weighted by Crippen LogP contribution is -2.32. The molecule has 25 heavy (non-hydrogen) atoms. The Morgan fingerprint density at radius 1 is 1.04 bits per heavy atom. The number of carbonyl (C=O) groups is 2. The molecule has 0 heterocycles. The lowest BCUT2D eigenvalue weighted by molar-refractivity contribution is -0.136. The molecule has 2 rings (SSSR count). The molecule has 2 aromatic rings. The van der Waals surface area contributed by atoms with E-state index in [4.69, 9.17) is 4.74 Å². The highest BCUT2D eigenvalue weighted by Gasteiger charge is 2.13. The normalized spacial score (nSPS) is 10.7. The van der Waals surface area contributed by atoms with Crippen LogP contribution in [0.2, 0.25) is 0 Å². The van der Waals surface area contributed by atoms with E-state index in [1.165, 1.54) is 6.21 Å². The smallest absolute Gasteiger partial charge is 0.329 e. The van der Waals surface area contributed by atoms with Crippen molar-refractivity contribution in [2.45, 2.75) is 26.9 Å². The number of nitrogens with zero attached hydrogens (tertiary/aromatic N) is 1. The molecule has 0 radical (unpaired) electrons. The minimum Gasteiger partial charge on any atom is -0.491 e. The summed E-state index contributed by atoms with van der Waals surface area (Å²) in [6.07, 6.45) is 1.56. The van der Waals surface area contributed by atoms with E-state index in [1.54, 1.807) is 24.3 Å². The Morgan fingerprint density at radius 2 is 1.72 bits per heavy atom. The van der Waals surface area contributed by atoms with E-state index < -0.39 is 11.8 Å². The second-order valence-corrected chi connectivity index (χ2v) is 5.70. The summed E-state index contributed by atoms with van der Waals surface area (Å²) in [5.41, 5.74) is 4.44. The number of ether oxygens (including phenoxy) is 1. The molecule has 0 aromatic heterocycles. The number of rotatable bonds is 5. The first-order valence-electron chi connectivity index (χ1n) is 7.92. The molecule has 0 bridgehead atoms. The third-order valence-electron chi connectivity index (χ3n) is 3.23. The Balaban J connectivity index is 1.87. The summed E-state index contributed by atoms with van der Waals surface area (Å²) in [6, 6.07) is 14.4. The fourth-order valence-corrected chi connectivity index (χ4v) is 2.01. The van der Waals surface area contributed by atoms with Crippen molar-refractivity contribution in [1.82, 2.24) is 5.43 Å². The quantitative estimate of drug-likeness (QED) is 0.499. The minimum atomic E-state index is -0.834. The van der Waals surface area contributed by atoms with E-state index in [0.29, 0.717) is 5.69 Å². The highest BCUT2D eigenvalue weighted by molar-refractivity contribution is 6.39. The molecular weight excluding hydrogens is 318 g/mol. The van der Waals surface area contributed by atoms with E-state index in [1.807, 2.05) is 45.0 Å². The van der Waals surface area contributed by atoms with Gasteiger partial charge in [0, 0.05) is 5.69 Å². The second kappa shape index (κ2) is 8.63. The summed E-state index contributed by atoms with van der Waals surface area (Å²) >= 11 is 0. The van der Waals surface area contributed by atoms with E-state index in [0.717, 1.165) is 16.9 Å². The van der Waals surface area contributed by atoms with Gasteiger partial charge in [0.25, 0.3) is 0 Å². The van der Waals surface area contributed by atoms with Crippen molar-refractivity contribution < 1.29 is 14.3 Å². The third-order valence-corrected chi connectivity index (χ3v) is 3.23. The van der Waals surface area contributed by atoms with Crippen LogP contribution in [0.15, 0.2) is 53.6 Å². The van der Waals surface area contributed by atoms with Crippen molar-refractivity contribution in [2.75, 3.05) is 5.32 Å². The predicted octanol–water partition coefficient (Wildman–Crippen LogP) is 2.87. The van der Waals surface area contributed by atoms with Gasteiger partial charge in [-0.1, -0.05) is 18.2 Å². The SMILES string of the molecule is Cc1ccccc1NC(=O)C(=O)N/N=C\c1ccc(OC(C)C)cc1. The third kappa shape index (κ3) is 5.76. The summed E-state index contributed by atoms with van der Waals surface area (Å²) in [6.45, 7) is 5.75. The van der Waals surface area contributed by atoms with Gasteiger partial charge in [0.05, 0.1) is 12.3 Å². The van der Waals surface area contributed by atoms with Crippen LogP contribution in [0.1, 0.15) is 25.0 Å². The molecule has 0 saturated carbocycles. The number of hydrogen-bond acceptors (Lipinski definition) is 4. The van der Waals surface area contributed by atoms with Gasteiger partial charge in [-0.15, -0.1) is 0 Å². The number of carbonyl (C=O) groups excluding carboxylic acids is 2. The zero-order valence-electron chi connectivity index (χ0n) is 14.4. The van der Waals surface area contributed by atoms with E-state index in [2.05, 4.69) is 15.8 Å². The van der Waals surface area contributed by atoms with Gasteiger partial charge in [0.15, 0.2) is 0 Å². The highest BCUT2D eigenvalue weighted by Crippen LogP contribution is 2.13. The summed E-state index contributed by atoms with van der Waals surface area (Å²) in [4.78, 5) is 23.6. The van der Waals surface area contributed by atoms with Crippen LogP contribution in [0.5, 0.6) is 5.75 Å². The standard InChI is InChI=1S/C19H21N3O3/c1-13(2)25-16-10-8-15(9-11-16)12-20-22-19(24)18(23)21-17-7-5-4-6-14(17)3/h4-13H,1-3H3,(H,21,23)(H,22,24)/b20-12-. The second-order valence-electron chi connectivity index (χ2n) is 5.70. The van der Waals surface area contributed by atoms with Gasteiger partial charge in [-0.3, -0.25) is 9.59 Å². The number of amides is 2. The van der Waals surface area contributed by atoms with Crippen molar-refractivity contribution in [2.24, 2.45) is 5.10 Å². The van der Waals surface area contributed by atoms with E-state index in [-0.39, 0.29) is 6.10 Å². The van der Waals surface area contributed by atoms with Gasteiger partial charge >= 0.3 is 11.8 Å². The number of hydrazone groups is 1. The van der Waals surface area contributed by atoms with Crippen molar-refractivity contribution in [3.8, 4) is 5.75 Å². The Labute approximate surface area is 146 Å². The number of benzene rings is 2. The number of hydrogen-bond donors (Lipinski definition) is 2. The zero-order valence-corrected chi connectivity index (χ0v) is 14.4. The van der Waals surface area contributed by atoms with Gasteiger partial charge in [0.1, 0.15) is 5.75 Å². The molecule has 0 unspecified atom stereocenters. The van der Waals surface area contributed by atoms with Crippen LogP contribution in [0.4, 0.5) is 5.69 Å². The average molecular weight is 339 g/mol. The minimum absolute atomic E-state index is 0.102. The average Bonchev–Trinajstić information content (AvgIpc) is 2.58. The molecule has 2 amide bonds. The molecule has 2 aromatic carbocycles. The van der Waals surface area contributed by atoms with Gasteiger partial charge in [-0.05, 0) is 62.2 Å². The first kappa shape index (κ1) is 18.2. The Morgan fingerprint density at radius 3 is 2.36 bits per heavy atom. The summed E-state index contributed by atoms with van der Waals surface area (Å²) in [7, 11) is 0. The summed E-state index contributed by atoms with van der Waals surface area (Å²) in [5.74, 6) is -0.847. The van der Waals surface area contributed by atoms with Crippen molar-refractivity contribution in [3.63, 3.8) is 0 Å². The van der Waals surface area contributed by atoms with Gasteiger partial charge < -0.3 is 10.1 Å². The van der Waals surface area contributed by atoms with E-state index in [9.17, 15) is 9.59 Å². The van der Waals surface area contributed by atoms with Crippen LogP contribution in [-0.2, 0) is 9.59 Å². The maximum atomic E-state index is 11.8. The maximum Gasteiger partial charge on any atom is 0.329 e. The highest BCUT2D eigenvalue weighted by atomic mass is 16.5. The lowest BCUT2D eigenvalue weighted by Gasteiger charge is -2.09. The molecule has 0 fully saturated rings. The van der Waals surface area contributed by atoms with Crippen LogP contribution in [0, 0.1) is 6.92 Å². The fraction of sp³-hybridized carbons (Fsp3) is 0.211. The van der Waals surface area contributed by atoms with Crippen LogP contribution in [0.3, 0.4) is 0 Å². The number of nitrogens with one attached hydrogen (secondary N) is 2. The predicted molar refractivity (Wildman–Crippen MR) is 97.8 cm³/mol. The maximum absolute atomic E-state index is 11.8. The van der Waals surface area contributed by atoms with Crippen molar-refractivity contribution in [3.05, 3.63) is 59.7 Å². The molecule has 0 saturated heterocycles. The molecule has 0 spiro atoms. The molecule has 0 aliphatic rings. The lowest BCUT2D eigenvalue weighted by atomic mass is 10.2. The van der Waals surface area contributed by atoms with Crippen molar-refractivity contribution >= 4 is 23.7 Å². The molecule has 2 N–H and O–H groups in total. The van der Waals surface area contributed by atoms with Crippen LogP contribution < -0.4 is 15.5 Å². The molecule has 130 valence electrons.